The van der Waals surface area contributed by atoms with Gasteiger partial charge in [-0.05, 0) is 25.9 Å². The van der Waals surface area contributed by atoms with Crippen LogP contribution in [-0.4, -0.2) is 158 Å². The Morgan fingerprint density at radius 1 is 0.425 bits per heavy atom. The van der Waals surface area contributed by atoms with Crippen molar-refractivity contribution < 1.29 is 52.1 Å². The lowest BCUT2D eigenvalue weighted by molar-refractivity contribution is -0.0323. The molecule has 1 N–H and O–H groups in total. The minimum absolute atomic E-state index is 0.375. The molecule has 12 heteroatoms. The standard InChI is InChI=1S/C28H55NO11/c1-2-7-30-8-9-31-10-11-32-12-13-33-14-15-34-16-17-35-18-19-36-20-21-37-22-23-38-24-25-39-26-27-40-28-3-5-29-6-4-28/h2,28-29H,1,3-27H2. The zero-order chi connectivity index (χ0) is 28.4. The zero-order valence-electron chi connectivity index (χ0n) is 24.5. The van der Waals surface area contributed by atoms with E-state index < -0.39 is 0 Å². The van der Waals surface area contributed by atoms with Crippen molar-refractivity contribution in [1.29, 1.82) is 0 Å². The fourth-order valence-corrected chi connectivity index (χ4v) is 3.38. The van der Waals surface area contributed by atoms with Crippen molar-refractivity contribution in [3.05, 3.63) is 12.7 Å². The molecule has 1 saturated heterocycles. The van der Waals surface area contributed by atoms with Gasteiger partial charge in [0.1, 0.15) is 0 Å². The summed E-state index contributed by atoms with van der Waals surface area (Å²) >= 11 is 0. The van der Waals surface area contributed by atoms with E-state index in [-0.39, 0.29) is 0 Å². The second-order valence-electron chi connectivity index (χ2n) is 8.70. The van der Waals surface area contributed by atoms with Gasteiger partial charge >= 0.3 is 0 Å². The minimum atomic E-state index is 0.375. The lowest BCUT2D eigenvalue weighted by Crippen LogP contribution is -2.33. The van der Waals surface area contributed by atoms with Crippen molar-refractivity contribution in [1.82, 2.24) is 5.32 Å². The van der Waals surface area contributed by atoms with E-state index in [1.807, 2.05) is 0 Å². The Balaban J connectivity index is 1.60. The number of ether oxygens (including phenoxy) is 11. The van der Waals surface area contributed by atoms with Crippen LogP contribution in [0.25, 0.3) is 0 Å². The molecule has 40 heavy (non-hydrogen) atoms. The molecule has 238 valence electrons. The first kappa shape index (κ1) is 37.3. The van der Waals surface area contributed by atoms with E-state index in [4.69, 9.17) is 52.1 Å². The summed E-state index contributed by atoms with van der Waals surface area (Å²) in [4.78, 5) is 0. The molecule has 12 nitrogen and oxygen atoms in total. The number of hydrogen-bond donors (Lipinski definition) is 1. The smallest absolute Gasteiger partial charge is 0.0704 e. The van der Waals surface area contributed by atoms with Gasteiger partial charge < -0.3 is 57.4 Å². The largest absolute Gasteiger partial charge is 0.377 e. The maximum Gasteiger partial charge on any atom is 0.0704 e. The monoisotopic (exact) mass is 581 g/mol. The Hall–Kier alpha value is -0.740. The number of hydrogen-bond acceptors (Lipinski definition) is 12. The summed E-state index contributed by atoms with van der Waals surface area (Å²) in [5, 5.41) is 3.33. The predicted molar refractivity (Wildman–Crippen MR) is 150 cm³/mol. The molecule has 0 spiro atoms. The van der Waals surface area contributed by atoms with Crippen LogP contribution in [0.5, 0.6) is 0 Å². The first-order valence-electron chi connectivity index (χ1n) is 14.6. The number of nitrogens with one attached hydrogen (secondary N) is 1. The molecule has 0 amide bonds. The summed E-state index contributed by atoms with van der Waals surface area (Å²) in [6.45, 7) is 17.1. The highest BCUT2D eigenvalue weighted by Gasteiger charge is 2.12. The van der Waals surface area contributed by atoms with Gasteiger partial charge in [-0.1, -0.05) is 6.08 Å². The maximum absolute atomic E-state index is 5.78. The Bertz CT molecular complexity index is 499. The fourth-order valence-electron chi connectivity index (χ4n) is 3.38. The molecular weight excluding hydrogens is 526 g/mol. The first-order valence-corrected chi connectivity index (χ1v) is 14.6. The number of piperidine rings is 1. The van der Waals surface area contributed by atoms with Gasteiger partial charge in [-0.25, -0.2) is 0 Å². The number of rotatable bonds is 33. The fraction of sp³-hybridized carbons (Fsp3) is 0.929. The van der Waals surface area contributed by atoms with Crippen molar-refractivity contribution in [3.63, 3.8) is 0 Å². The van der Waals surface area contributed by atoms with Gasteiger partial charge in [0.2, 0.25) is 0 Å². The molecule has 1 rings (SSSR count). The third-order valence-corrected chi connectivity index (χ3v) is 5.45. The Morgan fingerprint density at radius 3 is 1.00 bits per heavy atom. The highest BCUT2D eigenvalue weighted by atomic mass is 16.6. The van der Waals surface area contributed by atoms with Crippen molar-refractivity contribution in [2.45, 2.75) is 18.9 Å². The summed E-state index contributed by atoms with van der Waals surface area (Å²) in [6.07, 6.45) is 4.25. The predicted octanol–water partition coefficient (Wildman–Crippen LogP) is 1.11. The molecule has 0 saturated carbocycles. The lowest BCUT2D eigenvalue weighted by Gasteiger charge is -2.22. The molecule has 0 bridgehead atoms. The molecular formula is C28H55NO11. The van der Waals surface area contributed by atoms with Crippen LogP contribution >= 0.6 is 0 Å². The van der Waals surface area contributed by atoms with Crippen molar-refractivity contribution >= 4 is 0 Å². The maximum atomic E-state index is 5.78. The Morgan fingerprint density at radius 2 is 0.700 bits per heavy atom. The molecule has 1 heterocycles. The van der Waals surface area contributed by atoms with E-state index in [0.29, 0.717) is 145 Å². The zero-order valence-corrected chi connectivity index (χ0v) is 24.5. The topological polar surface area (TPSA) is 114 Å². The van der Waals surface area contributed by atoms with Gasteiger partial charge in [0.25, 0.3) is 0 Å². The Labute approximate surface area is 241 Å². The minimum Gasteiger partial charge on any atom is -0.377 e. The van der Waals surface area contributed by atoms with Crippen molar-refractivity contribution in [2.75, 3.05) is 152 Å². The van der Waals surface area contributed by atoms with Crippen molar-refractivity contribution in [2.24, 2.45) is 0 Å². The molecule has 0 unspecified atom stereocenters. The third-order valence-electron chi connectivity index (χ3n) is 5.45. The molecule has 0 atom stereocenters. The van der Waals surface area contributed by atoms with Crippen LogP contribution in [0.3, 0.4) is 0 Å². The van der Waals surface area contributed by atoms with Crippen LogP contribution < -0.4 is 5.32 Å². The van der Waals surface area contributed by atoms with E-state index in [0.717, 1.165) is 25.9 Å². The third kappa shape index (κ3) is 28.8. The van der Waals surface area contributed by atoms with Gasteiger partial charge in [-0.15, -0.1) is 6.58 Å². The highest BCUT2D eigenvalue weighted by Crippen LogP contribution is 2.06. The summed E-state index contributed by atoms with van der Waals surface area (Å²) in [5.74, 6) is 0. The van der Waals surface area contributed by atoms with E-state index in [2.05, 4.69) is 11.9 Å². The molecule has 0 aromatic carbocycles. The lowest BCUT2D eigenvalue weighted by atomic mass is 10.1. The van der Waals surface area contributed by atoms with Gasteiger partial charge in [0.05, 0.1) is 145 Å². The summed E-state index contributed by atoms with van der Waals surface area (Å²) < 4.78 is 60.1. The van der Waals surface area contributed by atoms with Gasteiger partial charge in [0.15, 0.2) is 0 Å². The molecule has 0 aliphatic carbocycles. The Kier molecular flexibility index (Phi) is 30.5. The second kappa shape index (κ2) is 32.8. The summed E-state index contributed by atoms with van der Waals surface area (Å²) in [5.41, 5.74) is 0. The van der Waals surface area contributed by atoms with Crippen LogP contribution in [0.15, 0.2) is 12.7 Å². The van der Waals surface area contributed by atoms with Crippen LogP contribution in [0, 0.1) is 0 Å². The van der Waals surface area contributed by atoms with E-state index in [1.165, 1.54) is 0 Å². The average Bonchev–Trinajstić information content (AvgIpc) is 2.98. The van der Waals surface area contributed by atoms with Gasteiger partial charge in [0, 0.05) is 0 Å². The normalized spacial score (nSPS) is 14.2. The van der Waals surface area contributed by atoms with Crippen LogP contribution in [0.1, 0.15) is 12.8 Å². The quantitative estimate of drug-likeness (QED) is 0.0885. The van der Waals surface area contributed by atoms with Crippen LogP contribution in [0.4, 0.5) is 0 Å². The van der Waals surface area contributed by atoms with Crippen LogP contribution in [0.2, 0.25) is 0 Å². The SMILES string of the molecule is C=CCOCCOCCOCCOCCOCCOCCOCCOCCOCCOCCOC1CCNCC1. The first-order chi connectivity index (χ1) is 19.9. The molecule has 1 fully saturated rings. The summed E-state index contributed by atoms with van der Waals surface area (Å²) in [6, 6.07) is 0. The van der Waals surface area contributed by atoms with Crippen molar-refractivity contribution in [3.8, 4) is 0 Å². The van der Waals surface area contributed by atoms with E-state index in [9.17, 15) is 0 Å². The van der Waals surface area contributed by atoms with Gasteiger partial charge in [-0.3, -0.25) is 0 Å². The highest BCUT2D eigenvalue weighted by molar-refractivity contribution is 4.67. The van der Waals surface area contributed by atoms with Gasteiger partial charge in [-0.2, -0.15) is 0 Å². The van der Waals surface area contributed by atoms with E-state index >= 15 is 0 Å². The molecule has 0 aromatic rings. The van der Waals surface area contributed by atoms with E-state index in [1.54, 1.807) is 6.08 Å². The molecule has 1 aliphatic rings. The molecule has 1 aliphatic heterocycles. The van der Waals surface area contributed by atoms with Crippen LogP contribution in [-0.2, 0) is 52.1 Å². The molecule has 0 radical (unpaired) electrons. The second-order valence-corrected chi connectivity index (χ2v) is 8.70. The summed E-state index contributed by atoms with van der Waals surface area (Å²) in [7, 11) is 0. The molecule has 0 aromatic heterocycles. The average molecular weight is 582 g/mol.